The lowest BCUT2D eigenvalue weighted by atomic mass is 10.1. The first-order valence-corrected chi connectivity index (χ1v) is 8.28. The number of benzene rings is 1. The van der Waals surface area contributed by atoms with Gasteiger partial charge in [-0.2, -0.15) is 0 Å². The van der Waals surface area contributed by atoms with Gasteiger partial charge in [0.05, 0.1) is 11.4 Å². The molecule has 0 aromatic heterocycles. The van der Waals surface area contributed by atoms with Crippen molar-refractivity contribution in [1.82, 2.24) is 4.90 Å². The third kappa shape index (κ3) is 3.49. The second-order valence-corrected chi connectivity index (χ2v) is 6.05. The summed E-state index contributed by atoms with van der Waals surface area (Å²) in [6.07, 6.45) is 7.67. The van der Waals surface area contributed by atoms with E-state index in [-0.39, 0.29) is 0 Å². The Labute approximate surface area is 127 Å². The van der Waals surface area contributed by atoms with Gasteiger partial charge in [0.2, 0.25) is 0 Å². The lowest BCUT2D eigenvalue weighted by molar-refractivity contribution is 0.339. The van der Waals surface area contributed by atoms with Gasteiger partial charge in [0, 0.05) is 26.2 Å². The van der Waals surface area contributed by atoms with Gasteiger partial charge in [0.15, 0.2) is 5.96 Å². The molecule has 0 atom stereocenters. The molecule has 4 heteroatoms. The molecule has 2 fully saturated rings. The molecule has 2 heterocycles. The molecule has 0 amide bonds. The Kier molecular flexibility index (Phi) is 4.63. The van der Waals surface area contributed by atoms with Crippen molar-refractivity contribution in [3.05, 3.63) is 24.3 Å². The van der Waals surface area contributed by atoms with Crippen molar-refractivity contribution >= 4 is 17.3 Å². The van der Waals surface area contributed by atoms with Crippen LogP contribution in [0.15, 0.2) is 29.3 Å². The average molecular weight is 286 g/mol. The number of hydrogen-bond acceptors (Lipinski definition) is 2. The molecule has 0 saturated carbocycles. The largest absolute Gasteiger partial charge is 0.370 e. The molecule has 0 unspecified atom stereocenters. The molecule has 0 radical (unpaired) electrons. The number of rotatable bonds is 2. The summed E-state index contributed by atoms with van der Waals surface area (Å²) in [5, 5.41) is 0. The Morgan fingerprint density at radius 3 is 2.19 bits per heavy atom. The van der Waals surface area contributed by atoms with E-state index in [1.165, 1.54) is 44.2 Å². The molecule has 0 spiro atoms. The van der Waals surface area contributed by atoms with Crippen LogP contribution in [0.1, 0.15) is 38.5 Å². The highest BCUT2D eigenvalue weighted by molar-refractivity contribution is 5.84. The van der Waals surface area contributed by atoms with Gasteiger partial charge in [-0.25, -0.2) is 4.99 Å². The summed E-state index contributed by atoms with van der Waals surface area (Å²) in [6, 6.07) is 8.41. The molecule has 1 aromatic carbocycles. The second-order valence-electron chi connectivity index (χ2n) is 6.05. The molecule has 2 saturated heterocycles. The minimum atomic E-state index is 0.680. The fraction of sp³-hybridized carbons (Fsp3) is 0.588. The van der Waals surface area contributed by atoms with Gasteiger partial charge in [0.1, 0.15) is 0 Å². The Morgan fingerprint density at radius 1 is 0.857 bits per heavy atom. The zero-order valence-corrected chi connectivity index (χ0v) is 12.8. The maximum absolute atomic E-state index is 6.24. The van der Waals surface area contributed by atoms with Crippen molar-refractivity contribution in [2.24, 2.45) is 10.7 Å². The SMILES string of the molecule is NC(=Nc1ccccc1N1CCCCC1)N1CCCCC1. The van der Waals surface area contributed by atoms with Crippen LogP contribution in [0.4, 0.5) is 11.4 Å². The number of likely N-dealkylation sites (tertiary alicyclic amines) is 1. The first-order valence-electron chi connectivity index (χ1n) is 8.28. The molecule has 0 bridgehead atoms. The summed E-state index contributed by atoms with van der Waals surface area (Å²) in [6.45, 7) is 4.36. The Bertz CT molecular complexity index is 485. The highest BCUT2D eigenvalue weighted by Crippen LogP contribution is 2.30. The van der Waals surface area contributed by atoms with Gasteiger partial charge in [-0.1, -0.05) is 12.1 Å². The van der Waals surface area contributed by atoms with Crippen LogP contribution >= 0.6 is 0 Å². The summed E-state index contributed by atoms with van der Waals surface area (Å²) >= 11 is 0. The lowest BCUT2D eigenvalue weighted by Crippen LogP contribution is -2.40. The molecule has 2 aliphatic rings. The van der Waals surface area contributed by atoms with Crippen molar-refractivity contribution < 1.29 is 0 Å². The van der Waals surface area contributed by atoms with E-state index in [1.54, 1.807) is 0 Å². The van der Waals surface area contributed by atoms with Gasteiger partial charge in [-0.05, 0) is 50.7 Å². The smallest absolute Gasteiger partial charge is 0.196 e. The predicted octanol–water partition coefficient (Wildman–Crippen LogP) is 3.11. The monoisotopic (exact) mass is 286 g/mol. The van der Waals surface area contributed by atoms with E-state index in [2.05, 4.69) is 34.1 Å². The van der Waals surface area contributed by atoms with Crippen LogP contribution in [0.3, 0.4) is 0 Å². The summed E-state index contributed by atoms with van der Waals surface area (Å²) in [5.41, 5.74) is 8.49. The summed E-state index contributed by atoms with van der Waals surface area (Å²) in [7, 11) is 0. The maximum Gasteiger partial charge on any atom is 0.196 e. The predicted molar refractivity (Wildman–Crippen MR) is 89.2 cm³/mol. The molecule has 3 rings (SSSR count). The quantitative estimate of drug-likeness (QED) is 0.671. The van der Waals surface area contributed by atoms with Crippen LogP contribution in [0.25, 0.3) is 0 Å². The van der Waals surface area contributed by atoms with Crippen LogP contribution in [0.5, 0.6) is 0 Å². The third-order valence-electron chi connectivity index (χ3n) is 4.49. The number of para-hydroxylation sites is 2. The van der Waals surface area contributed by atoms with E-state index >= 15 is 0 Å². The average Bonchev–Trinajstić information content (AvgIpc) is 2.57. The number of piperidine rings is 2. The van der Waals surface area contributed by atoms with Crippen molar-refractivity contribution in [2.75, 3.05) is 31.1 Å². The Hall–Kier alpha value is -1.71. The zero-order valence-electron chi connectivity index (χ0n) is 12.8. The van der Waals surface area contributed by atoms with E-state index in [0.717, 1.165) is 31.9 Å². The molecule has 21 heavy (non-hydrogen) atoms. The van der Waals surface area contributed by atoms with E-state index in [4.69, 9.17) is 10.7 Å². The van der Waals surface area contributed by atoms with Crippen LogP contribution in [0.2, 0.25) is 0 Å². The first-order chi connectivity index (χ1) is 10.3. The number of nitrogens with two attached hydrogens (primary N) is 1. The topological polar surface area (TPSA) is 44.9 Å². The van der Waals surface area contributed by atoms with Crippen molar-refractivity contribution in [2.45, 2.75) is 38.5 Å². The first kappa shape index (κ1) is 14.2. The van der Waals surface area contributed by atoms with Crippen LogP contribution in [-0.4, -0.2) is 37.0 Å². The highest BCUT2D eigenvalue weighted by Gasteiger charge is 2.16. The van der Waals surface area contributed by atoms with Gasteiger partial charge >= 0.3 is 0 Å². The van der Waals surface area contributed by atoms with E-state index < -0.39 is 0 Å². The molecule has 2 aliphatic heterocycles. The standard InChI is InChI=1S/C17H26N4/c18-17(21-13-7-2-8-14-21)19-15-9-3-4-10-16(15)20-11-5-1-6-12-20/h3-4,9-10H,1-2,5-8,11-14H2,(H2,18,19). The van der Waals surface area contributed by atoms with Crippen molar-refractivity contribution in [1.29, 1.82) is 0 Å². The number of hydrogen-bond donors (Lipinski definition) is 1. The number of nitrogens with zero attached hydrogens (tertiary/aromatic N) is 3. The molecule has 2 N–H and O–H groups in total. The highest BCUT2D eigenvalue weighted by atomic mass is 15.3. The van der Waals surface area contributed by atoms with Gasteiger partial charge in [-0.3, -0.25) is 0 Å². The van der Waals surface area contributed by atoms with Gasteiger partial charge in [-0.15, -0.1) is 0 Å². The molecular weight excluding hydrogens is 260 g/mol. The lowest BCUT2D eigenvalue weighted by Gasteiger charge is -2.30. The maximum atomic E-state index is 6.24. The van der Waals surface area contributed by atoms with E-state index in [0.29, 0.717) is 5.96 Å². The van der Waals surface area contributed by atoms with Crippen LogP contribution < -0.4 is 10.6 Å². The van der Waals surface area contributed by atoms with Crippen molar-refractivity contribution in [3.63, 3.8) is 0 Å². The Balaban J connectivity index is 1.80. The molecule has 114 valence electrons. The minimum Gasteiger partial charge on any atom is -0.370 e. The van der Waals surface area contributed by atoms with E-state index in [9.17, 15) is 0 Å². The van der Waals surface area contributed by atoms with E-state index in [1.807, 2.05) is 0 Å². The second kappa shape index (κ2) is 6.83. The molecule has 0 aliphatic carbocycles. The van der Waals surface area contributed by atoms with Crippen LogP contribution in [-0.2, 0) is 0 Å². The molecular formula is C17H26N4. The Morgan fingerprint density at radius 2 is 1.48 bits per heavy atom. The third-order valence-corrected chi connectivity index (χ3v) is 4.49. The normalized spacial score (nSPS) is 20.7. The van der Waals surface area contributed by atoms with Crippen LogP contribution in [0, 0.1) is 0 Å². The van der Waals surface area contributed by atoms with Gasteiger partial charge < -0.3 is 15.5 Å². The number of aliphatic imine (C=N–C) groups is 1. The molecule has 1 aromatic rings. The molecule has 4 nitrogen and oxygen atoms in total. The zero-order chi connectivity index (χ0) is 14.5. The fourth-order valence-corrected chi connectivity index (χ4v) is 3.28. The van der Waals surface area contributed by atoms with Crippen molar-refractivity contribution in [3.8, 4) is 0 Å². The minimum absolute atomic E-state index is 0.680. The summed E-state index contributed by atoms with van der Waals surface area (Å²) in [4.78, 5) is 9.41. The van der Waals surface area contributed by atoms with Gasteiger partial charge in [0.25, 0.3) is 0 Å². The summed E-state index contributed by atoms with van der Waals surface area (Å²) in [5.74, 6) is 0.680. The summed E-state index contributed by atoms with van der Waals surface area (Å²) < 4.78 is 0. The number of anilines is 1. The number of guanidine groups is 1. The fourth-order valence-electron chi connectivity index (χ4n) is 3.28.